The maximum absolute atomic E-state index is 10.9. The second-order valence-corrected chi connectivity index (χ2v) is 5.39. The van der Waals surface area contributed by atoms with E-state index in [1.165, 1.54) is 12.8 Å². The van der Waals surface area contributed by atoms with Gasteiger partial charge in [0.1, 0.15) is 0 Å². The molecule has 2 aromatic rings. The average Bonchev–Trinajstić information content (AvgIpc) is 3.15. The number of benzene rings is 1. The minimum Gasteiger partial charge on any atom is -0.480 e. The first-order chi connectivity index (χ1) is 10.2. The zero-order valence-electron chi connectivity index (χ0n) is 11.6. The predicted molar refractivity (Wildman–Crippen MR) is 75.4 cm³/mol. The third kappa shape index (κ3) is 3.88. The predicted octanol–water partition coefficient (Wildman–Crippen LogP) is 2.03. The lowest BCUT2D eigenvalue weighted by Crippen LogP contribution is -2.31. The van der Waals surface area contributed by atoms with Gasteiger partial charge < -0.3 is 9.63 Å². The number of carboxylic acids is 1. The molecule has 6 heteroatoms. The van der Waals surface area contributed by atoms with Crippen molar-refractivity contribution in [1.29, 1.82) is 0 Å². The molecule has 1 saturated carbocycles. The Morgan fingerprint density at radius 1 is 1.33 bits per heavy atom. The highest BCUT2D eigenvalue weighted by molar-refractivity contribution is 5.69. The van der Waals surface area contributed by atoms with Crippen molar-refractivity contribution in [3.05, 3.63) is 36.2 Å². The van der Waals surface area contributed by atoms with Crippen LogP contribution in [-0.4, -0.2) is 39.2 Å². The minimum absolute atomic E-state index is 0.00566. The molecule has 0 unspecified atom stereocenters. The summed E-state index contributed by atoms with van der Waals surface area (Å²) in [6.45, 7) is 1.19. The van der Waals surface area contributed by atoms with E-state index in [1.807, 2.05) is 35.2 Å². The summed E-state index contributed by atoms with van der Waals surface area (Å²) in [6.07, 6.45) is 2.36. The summed E-state index contributed by atoms with van der Waals surface area (Å²) in [6, 6.07) is 9.53. The van der Waals surface area contributed by atoms with Crippen molar-refractivity contribution in [1.82, 2.24) is 15.0 Å². The number of aromatic nitrogens is 2. The van der Waals surface area contributed by atoms with E-state index in [9.17, 15) is 4.79 Å². The Balaban J connectivity index is 1.68. The summed E-state index contributed by atoms with van der Waals surface area (Å²) in [5, 5.41) is 12.9. The van der Waals surface area contributed by atoms with Crippen LogP contribution in [0.3, 0.4) is 0 Å². The SMILES string of the molecule is O=C(O)CN(Cc1noc(-c2ccccc2)n1)CC1CC1. The van der Waals surface area contributed by atoms with Gasteiger partial charge in [0.05, 0.1) is 13.1 Å². The van der Waals surface area contributed by atoms with Crippen molar-refractivity contribution in [2.45, 2.75) is 19.4 Å². The van der Waals surface area contributed by atoms with E-state index < -0.39 is 5.97 Å². The molecule has 1 aromatic carbocycles. The molecular weight excluding hydrogens is 270 g/mol. The number of carboxylic acid groups (broad SMARTS) is 1. The van der Waals surface area contributed by atoms with Crippen LogP contribution in [0, 0.1) is 5.92 Å². The first-order valence-corrected chi connectivity index (χ1v) is 7.03. The van der Waals surface area contributed by atoms with Gasteiger partial charge in [0.15, 0.2) is 5.82 Å². The van der Waals surface area contributed by atoms with Crippen molar-refractivity contribution < 1.29 is 14.4 Å². The van der Waals surface area contributed by atoms with E-state index >= 15 is 0 Å². The summed E-state index contributed by atoms with van der Waals surface area (Å²) >= 11 is 0. The van der Waals surface area contributed by atoms with Gasteiger partial charge >= 0.3 is 5.97 Å². The van der Waals surface area contributed by atoms with Gasteiger partial charge in [-0.1, -0.05) is 23.4 Å². The average molecular weight is 287 g/mol. The van der Waals surface area contributed by atoms with Crippen molar-refractivity contribution in [2.24, 2.45) is 5.92 Å². The Morgan fingerprint density at radius 2 is 2.10 bits per heavy atom. The summed E-state index contributed by atoms with van der Waals surface area (Å²) in [5.74, 6) is 0.773. The zero-order valence-corrected chi connectivity index (χ0v) is 11.6. The molecule has 1 aliphatic rings. The Morgan fingerprint density at radius 3 is 2.76 bits per heavy atom. The van der Waals surface area contributed by atoms with Crippen LogP contribution in [0.4, 0.5) is 0 Å². The van der Waals surface area contributed by atoms with Crippen LogP contribution >= 0.6 is 0 Å². The van der Waals surface area contributed by atoms with Crippen LogP contribution < -0.4 is 0 Å². The van der Waals surface area contributed by atoms with Gasteiger partial charge in [-0.3, -0.25) is 9.69 Å². The molecule has 0 aliphatic heterocycles. The standard InChI is InChI=1S/C15H17N3O3/c19-14(20)10-18(8-11-6-7-11)9-13-16-15(21-17-13)12-4-2-1-3-5-12/h1-5,11H,6-10H2,(H,19,20). The summed E-state index contributed by atoms with van der Waals surface area (Å²) < 4.78 is 5.24. The lowest BCUT2D eigenvalue weighted by Gasteiger charge is -2.17. The molecule has 1 heterocycles. The highest BCUT2D eigenvalue weighted by Gasteiger charge is 2.26. The second-order valence-electron chi connectivity index (χ2n) is 5.39. The highest BCUT2D eigenvalue weighted by atomic mass is 16.5. The number of aliphatic carboxylic acids is 1. The third-order valence-corrected chi connectivity index (χ3v) is 3.43. The molecule has 21 heavy (non-hydrogen) atoms. The molecule has 0 radical (unpaired) electrons. The van der Waals surface area contributed by atoms with Gasteiger partial charge in [-0.05, 0) is 30.9 Å². The van der Waals surface area contributed by atoms with Crippen molar-refractivity contribution >= 4 is 5.97 Å². The fourth-order valence-corrected chi connectivity index (χ4v) is 2.26. The minimum atomic E-state index is -0.831. The van der Waals surface area contributed by atoms with Crippen LogP contribution in [0.15, 0.2) is 34.9 Å². The van der Waals surface area contributed by atoms with Crippen LogP contribution in [0.5, 0.6) is 0 Å². The molecule has 1 aromatic heterocycles. The molecule has 3 rings (SSSR count). The largest absolute Gasteiger partial charge is 0.480 e. The number of rotatable bonds is 7. The van der Waals surface area contributed by atoms with Crippen LogP contribution in [-0.2, 0) is 11.3 Å². The molecule has 6 nitrogen and oxygen atoms in total. The molecule has 1 aliphatic carbocycles. The normalized spacial score (nSPS) is 14.5. The lowest BCUT2D eigenvalue weighted by atomic mass is 10.2. The summed E-state index contributed by atoms with van der Waals surface area (Å²) in [5.41, 5.74) is 0.864. The highest BCUT2D eigenvalue weighted by Crippen LogP contribution is 2.30. The Labute approximate surface area is 122 Å². The first kappa shape index (κ1) is 13.8. The van der Waals surface area contributed by atoms with E-state index in [4.69, 9.17) is 9.63 Å². The Bertz CT molecular complexity index is 608. The van der Waals surface area contributed by atoms with E-state index in [2.05, 4.69) is 10.1 Å². The first-order valence-electron chi connectivity index (χ1n) is 7.03. The second kappa shape index (κ2) is 6.05. The smallest absolute Gasteiger partial charge is 0.317 e. The van der Waals surface area contributed by atoms with Gasteiger partial charge in [-0.2, -0.15) is 4.98 Å². The van der Waals surface area contributed by atoms with E-state index in [0.29, 0.717) is 24.2 Å². The molecule has 1 fully saturated rings. The molecule has 0 saturated heterocycles. The van der Waals surface area contributed by atoms with E-state index in [0.717, 1.165) is 12.1 Å². The molecule has 0 atom stereocenters. The lowest BCUT2D eigenvalue weighted by molar-refractivity contribution is -0.138. The summed E-state index contributed by atoms with van der Waals surface area (Å²) in [7, 11) is 0. The Hall–Kier alpha value is -2.21. The van der Waals surface area contributed by atoms with E-state index in [-0.39, 0.29) is 6.54 Å². The number of carbonyl (C=O) groups is 1. The maximum Gasteiger partial charge on any atom is 0.317 e. The van der Waals surface area contributed by atoms with Gasteiger partial charge in [0, 0.05) is 12.1 Å². The van der Waals surface area contributed by atoms with Gasteiger partial charge in [-0.15, -0.1) is 0 Å². The van der Waals surface area contributed by atoms with E-state index in [1.54, 1.807) is 0 Å². The Kier molecular flexibility index (Phi) is 3.96. The fraction of sp³-hybridized carbons (Fsp3) is 0.400. The molecule has 1 N–H and O–H groups in total. The number of hydrogen-bond acceptors (Lipinski definition) is 5. The zero-order chi connectivity index (χ0) is 14.7. The molecule has 0 amide bonds. The topological polar surface area (TPSA) is 79.5 Å². The quantitative estimate of drug-likeness (QED) is 0.839. The van der Waals surface area contributed by atoms with Crippen LogP contribution in [0.1, 0.15) is 18.7 Å². The van der Waals surface area contributed by atoms with Gasteiger partial charge in [0.2, 0.25) is 0 Å². The van der Waals surface area contributed by atoms with Crippen molar-refractivity contribution in [2.75, 3.05) is 13.1 Å². The fourth-order valence-electron chi connectivity index (χ4n) is 2.26. The summed E-state index contributed by atoms with van der Waals surface area (Å²) in [4.78, 5) is 17.1. The van der Waals surface area contributed by atoms with Crippen molar-refractivity contribution in [3.63, 3.8) is 0 Å². The molecule has 110 valence electrons. The molecule has 0 spiro atoms. The van der Waals surface area contributed by atoms with Crippen LogP contribution in [0.25, 0.3) is 11.5 Å². The van der Waals surface area contributed by atoms with Gasteiger partial charge in [0.25, 0.3) is 5.89 Å². The van der Waals surface area contributed by atoms with Crippen molar-refractivity contribution in [3.8, 4) is 11.5 Å². The maximum atomic E-state index is 10.9. The monoisotopic (exact) mass is 287 g/mol. The third-order valence-electron chi connectivity index (χ3n) is 3.43. The van der Waals surface area contributed by atoms with Crippen LogP contribution in [0.2, 0.25) is 0 Å². The van der Waals surface area contributed by atoms with Gasteiger partial charge in [-0.25, -0.2) is 0 Å². The molecule has 0 bridgehead atoms. The molecular formula is C15H17N3O3. The number of nitrogens with zero attached hydrogens (tertiary/aromatic N) is 3. The number of hydrogen-bond donors (Lipinski definition) is 1.